The maximum absolute atomic E-state index is 7.53. The fourth-order valence-corrected chi connectivity index (χ4v) is 1.53. The topological polar surface area (TPSA) is 45.6 Å². The lowest BCUT2D eigenvalue weighted by molar-refractivity contribution is 0.0650. The van der Waals surface area contributed by atoms with Crippen LogP contribution in [0.15, 0.2) is 12.8 Å². The summed E-state index contributed by atoms with van der Waals surface area (Å²) >= 11 is 0. The predicted molar refractivity (Wildman–Crippen MR) is 50.8 cm³/mol. The van der Waals surface area contributed by atoms with Crippen molar-refractivity contribution in [1.82, 2.24) is 4.90 Å². The van der Waals surface area contributed by atoms with Crippen LogP contribution in [0.2, 0.25) is 0 Å². The summed E-state index contributed by atoms with van der Waals surface area (Å²) in [6.45, 7) is 6.59. The lowest BCUT2D eigenvalue weighted by Gasteiger charge is -2.28. The molecule has 13 heavy (non-hydrogen) atoms. The molecule has 2 atom stereocenters. The maximum Gasteiger partial charge on any atom is 0.103 e. The second-order valence-corrected chi connectivity index (χ2v) is 3.05. The van der Waals surface area contributed by atoms with E-state index in [1.54, 1.807) is 25.1 Å². The predicted octanol–water partition coefficient (Wildman–Crippen LogP) is 0.843. The SMILES string of the molecule is C=CN(C(C)=N)[C@@H]1COC[C@H]1OC. The smallest absolute Gasteiger partial charge is 0.103 e. The third-order valence-electron chi connectivity index (χ3n) is 2.24. The Labute approximate surface area is 78.6 Å². The van der Waals surface area contributed by atoms with Gasteiger partial charge in [0.15, 0.2) is 0 Å². The summed E-state index contributed by atoms with van der Waals surface area (Å²) in [4.78, 5) is 1.78. The van der Waals surface area contributed by atoms with E-state index in [0.29, 0.717) is 19.0 Å². The van der Waals surface area contributed by atoms with Gasteiger partial charge in [-0.15, -0.1) is 0 Å². The Morgan fingerprint density at radius 1 is 1.69 bits per heavy atom. The molecule has 0 spiro atoms. The molecule has 0 amide bonds. The van der Waals surface area contributed by atoms with Crippen molar-refractivity contribution in [2.75, 3.05) is 20.3 Å². The molecule has 0 bridgehead atoms. The quantitative estimate of drug-likeness (QED) is 0.522. The number of nitrogens with one attached hydrogen (secondary N) is 1. The number of nitrogens with zero attached hydrogens (tertiary/aromatic N) is 1. The Balaban J connectivity index is 2.67. The van der Waals surface area contributed by atoms with Gasteiger partial charge in [0.1, 0.15) is 6.10 Å². The molecule has 0 saturated carbocycles. The van der Waals surface area contributed by atoms with Gasteiger partial charge in [-0.1, -0.05) is 6.58 Å². The standard InChI is InChI=1S/C9H16N2O2/c1-4-11(7(2)10)8-5-13-6-9(8)12-3/h4,8-10H,1,5-6H2,2-3H3/t8-,9-/m1/s1. The highest BCUT2D eigenvalue weighted by Crippen LogP contribution is 2.16. The molecule has 0 aromatic rings. The molecule has 1 rings (SSSR count). The number of ether oxygens (including phenoxy) is 2. The fourth-order valence-electron chi connectivity index (χ4n) is 1.53. The van der Waals surface area contributed by atoms with E-state index in [9.17, 15) is 0 Å². The normalized spacial score (nSPS) is 27.2. The molecule has 1 fully saturated rings. The molecule has 1 aliphatic rings. The van der Waals surface area contributed by atoms with Crippen LogP contribution in [0.3, 0.4) is 0 Å². The minimum Gasteiger partial charge on any atom is -0.377 e. The van der Waals surface area contributed by atoms with Crippen LogP contribution in [0.5, 0.6) is 0 Å². The Morgan fingerprint density at radius 2 is 2.38 bits per heavy atom. The molecular formula is C9H16N2O2. The summed E-state index contributed by atoms with van der Waals surface area (Å²) in [5, 5.41) is 7.53. The molecule has 1 saturated heterocycles. The van der Waals surface area contributed by atoms with E-state index in [0.717, 1.165) is 0 Å². The van der Waals surface area contributed by atoms with Crippen LogP contribution in [0.4, 0.5) is 0 Å². The van der Waals surface area contributed by atoms with E-state index >= 15 is 0 Å². The van der Waals surface area contributed by atoms with E-state index in [1.165, 1.54) is 0 Å². The van der Waals surface area contributed by atoms with Gasteiger partial charge in [-0.25, -0.2) is 0 Å². The van der Waals surface area contributed by atoms with Crippen molar-refractivity contribution in [3.8, 4) is 0 Å². The lowest BCUT2D eigenvalue weighted by Crippen LogP contribution is -2.42. The molecular weight excluding hydrogens is 168 g/mol. The van der Waals surface area contributed by atoms with E-state index in [2.05, 4.69) is 6.58 Å². The Bertz CT molecular complexity index is 206. The number of hydrogen-bond donors (Lipinski definition) is 1. The summed E-state index contributed by atoms with van der Waals surface area (Å²) in [5.41, 5.74) is 0. The molecule has 0 unspecified atom stereocenters. The average Bonchev–Trinajstić information content (AvgIpc) is 2.53. The maximum atomic E-state index is 7.53. The van der Waals surface area contributed by atoms with Gasteiger partial charge in [0.05, 0.1) is 25.1 Å². The molecule has 0 radical (unpaired) electrons. The fraction of sp³-hybridized carbons (Fsp3) is 0.667. The van der Waals surface area contributed by atoms with Crippen LogP contribution in [-0.2, 0) is 9.47 Å². The van der Waals surface area contributed by atoms with Crippen molar-refractivity contribution in [2.24, 2.45) is 0 Å². The van der Waals surface area contributed by atoms with Crippen LogP contribution in [0.1, 0.15) is 6.92 Å². The third-order valence-corrected chi connectivity index (χ3v) is 2.24. The molecule has 4 nitrogen and oxygen atoms in total. The average molecular weight is 184 g/mol. The number of hydrogen-bond acceptors (Lipinski definition) is 3. The van der Waals surface area contributed by atoms with Crippen LogP contribution >= 0.6 is 0 Å². The van der Waals surface area contributed by atoms with Crippen LogP contribution in [-0.4, -0.2) is 43.2 Å². The van der Waals surface area contributed by atoms with Crippen molar-refractivity contribution >= 4 is 5.84 Å². The number of amidine groups is 1. The highest BCUT2D eigenvalue weighted by Gasteiger charge is 2.32. The van der Waals surface area contributed by atoms with E-state index in [1.807, 2.05) is 0 Å². The zero-order valence-corrected chi connectivity index (χ0v) is 8.12. The van der Waals surface area contributed by atoms with Crippen LogP contribution in [0.25, 0.3) is 0 Å². The van der Waals surface area contributed by atoms with Crippen molar-refractivity contribution in [2.45, 2.75) is 19.1 Å². The summed E-state index contributed by atoms with van der Waals surface area (Å²) in [6, 6.07) is 0.0972. The molecule has 1 heterocycles. The van der Waals surface area contributed by atoms with Crippen LogP contribution in [0, 0.1) is 5.41 Å². The Hall–Kier alpha value is -0.870. The Kier molecular flexibility index (Phi) is 3.45. The summed E-state index contributed by atoms with van der Waals surface area (Å²) < 4.78 is 10.5. The molecule has 1 N–H and O–H groups in total. The van der Waals surface area contributed by atoms with Crippen LogP contribution < -0.4 is 0 Å². The van der Waals surface area contributed by atoms with Crippen molar-refractivity contribution in [3.05, 3.63) is 12.8 Å². The summed E-state index contributed by atoms with van der Waals surface area (Å²) in [5.74, 6) is 0.465. The summed E-state index contributed by atoms with van der Waals surface area (Å²) in [7, 11) is 1.66. The van der Waals surface area contributed by atoms with Gasteiger partial charge >= 0.3 is 0 Å². The van der Waals surface area contributed by atoms with Gasteiger partial charge in [-0.05, 0) is 13.1 Å². The van der Waals surface area contributed by atoms with E-state index in [4.69, 9.17) is 14.9 Å². The minimum absolute atomic E-state index is 0.0401. The Morgan fingerprint density at radius 3 is 2.85 bits per heavy atom. The largest absolute Gasteiger partial charge is 0.377 e. The zero-order valence-electron chi connectivity index (χ0n) is 8.12. The molecule has 0 aromatic heterocycles. The second-order valence-electron chi connectivity index (χ2n) is 3.05. The molecule has 1 aliphatic heterocycles. The van der Waals surface area contributed by atoms with Crippen molar-refractivity contribution < 1.29 is 9.47 Å². The van der Waals surface area contributed by atoms with Gasteiger partial charge < -0.3 is 14.4 Å². The second kappa shape index (κ2) is 4.39. The van der Waals surface area contributed by atoms with Gasteiger partial charge in [0.2, 0.25) is 0 Å². The highest BCUT2D eigenvalue weighted by molar-refractivity contribution is 5.77. The third kappa shape index (κ3) is 2.08. The molecule has 4 heteroatoms. The highest BCUT2D eigenvalue weighted by atomic mass is 16.5. The number of rotatable bonds is 3. The zero-order chi connectivity index (χ0) is 9.84. The molecule has 0 aromatic carbocycles. The molecule has 0 aliphatic carbocycles. The monoisotopic (exact) mass is 184 g/mol. The first-order chi connectivity index (χ1) is 6.20. The minimum atomic E-state index is 0.0401. The first-order valence-corrected chi connectivity index (χ1v) is 4.27. The number of methoxy groups -OCH3 is 1. The van der Waals surface area contributed by atoms with Gasteiger partial charge in [0, 0.05) is 7.11 Å². The van der Waals surface area contributed by atoms with Gasteiger partial charge in [-0.2, -0.15) is 0 Å². The van der Waals surface area contributed by atoms with Crippen molar-refractivity contribution in [1.29, 1.82) is 5.41 Å². The first kappa shape index (κ1) is 10.2. The lowest BCUT2D eigenvalue weighted by atomic mass is 10.2. The van der Waals surface area contributed by atoms with E-state index in [-0.39, 0.29) is 12.1 Å². The molecule has 74 valence electrons. The first-order valence-electron chi connectivity index (χ1n) is 4.27. The summed E-state index contributed by atoms with van der Waals surface area (Å²) in [6.07, 6.45) is 1.69. The van der Waals surface area contributed by atoms with Gasteiger partial charge in [-0.3, -0.25) is 5.41 Å². The van der Waals surface area contributed by atoms with E-state index < -0.39 is 0 Å². The van der Waals surface area contributed by atoms with Crippen molar-refractivity contribution in [3.63, 3.8) is 0 Å². The van der Waals surface area contributed by atoms with Gasteiger partial charge in [0.25, 0.3) is 0 Å².